The van der Waals surface area contributed by atoms with E-state index in [4.69, 9.17) is 4.42 Å². The van der Waals surface area contributed by atoms with Crippen LogP contribution in [-0.2, 0) is 6.54 Å². The SMILES string of the molecule is CC(C)C1CN(Cc2cocn2)C1. The van der Waals surface area contributed by atoms with E-state index in [-0.39, 0.29) is 0 Å². The van der Waals surface area contributed by atoms with E-state index in [1.54, 1.807) is 6.26 Å². The molecule has 0 radical (unpaired) electrons. The third-order valence-corrected chi connectivity index (χ3v) is 2.80. The molecule has 0 bridgehead atoms. The molecule has 1 aromatic heterocycles. The van der Waals surface area contributed by atoms with E-state index in [0.29, 0.717) is 0 Å². The Bertz CT molecular complexity index is 250. The zero-order chi connectivity index (χ0) is 9.26. The first-order valence-corrected chi connectivity index (χ1v) is 4.85. The normalized spacial score (nSPS) is 19.3. The highest BCUT2D eigenvalue weighted by atomic mass is 16.3. The van der Waals surface area contributed by atoms with Gasteiger partial charge in [0.05, 0.1) is 5.69 Å². The van der Waals surface area contributed by atoms with Crippen LogP contribution in [0.1, 0.15) is 19.5 Å². The zero-order valence-electron chi connectivity index (χ0n) is 8.23. The second-order valence-corrected chi connectivity index (χ2v) is 4.18. The Kier molecular flexibility index (Phi) is 2.36. The van der Waals surface area contributed by atoms with Crippen LogP contribution in [0.5, 0.6) is 0 Å². The van der Waals surface area contributed by atoms with E-state index in [2.05, 4.69) is 23.7 Å². The van der Waals surface area contributed by atoms with Crippen molar-refractivity contribution < 1.29 is 4.42 Å². The first-order chi connectivity index (χ1) is 6.25. The highest BCUT2D eigenvalue weighted by molar-refractivity contribution is 4.94. The maximum absolute atomic E-state index is 4.92. The molecule has 0 aliphatic carbocycles. The molecule has 0 amide bonds. The summed E-state index contributed by atoms with van der Waals surface area (Å²) in [4.78, 5) is 6.50. The molecule has 1 aliphatic rings. The van der Waals surface area contributed by atoms with E-state index in [1.165, 1.54) is 19.5 Å². The lowest BCUT2D eigenvalue weighted by Crippen LogP contribution is -2.48. The number of hydrogen-bond acceptors (Lipinski definition) is 3. The molecule has 3 heteroatoms. The number of oxazole rings is 1. The molecule has 72 valence electrons. The molecule has 3 nitrogen and oxygen atoms in total. The lowest BCUT2D eigenvalue weighted by atomic mass is 9.88. The van der Waals surface area contributed by atoms with Gasteiger partial charge in [0.2, 0.25) is 0 Å². The molecular weight excluding hydrogens is 164 g/mol. The van der Waals surface area contributed by atoms with Gasteiger partial charge >= 0.3 is 0 Å². The van der Waals surface area contributed by atoms with Crippen molar-refractivity contribution >= 4 is 0 Å². The molecule has 1 aromatic rings. The van der Waals surface area contributed by atoms with Crippen LogP contribution in [0.3, 0.4) is 0 Å². The third-order valence-electron chi connectivity index (χ3n) is 2.80. The van der Waals surface area contributed by atoms with Crippen LogP contribution in [0.25, 0.3) is 0 Å². The van der Waals surface area contributed by atoms with Crippen molar-refractivity contribution in [2.45, 2.75) is 20.4 Å². The van der Waals surface area contributed by atoms with Crippen LogP contribution in [0, 0.1) is 11.8 Å². The summed E-state index contributed by atoms with van der Waals surface area (Å²) < 4.78 is 4.92. The molecule has 0 atom stereocenters. The number of likely N-dealkylation sites (tertiary alicyclic amines) is 1. The Morgan fingerprint density at radius 2 is 2.38 bits per heavy atom. The molecule has 0 aromatic carbocycles. The van der Waals surface area contributed by atoms with Gasteiger partial charge in [-0.25, -0.2) is 4.98 Å². The van der Waals surface area contributed by atoms with Crippen molar-refractivity contribution in [1.82, 2.24) is 9.88 Å². The largest absolute Gasteiger partial charge is 0.451 e. The molecule has 1 fully saturated rings. The lowest BCUT2D eigenvalue weighted by molar-refractivity contribution is 0.0602. The molecule has 2 rings (SSSR count). The van der Waals surface area contributed by atoms with Gasteiger partial charge in [-0.2, -0.15) is 0 Å². The van der Waals surface area contributed by atoms with Gasteiger partial charge in [-0.05, 0) is 11.8 Å². The van der Waals surface area contributed by atoms with Crippen LogP contribution < -0.4 is 0 Å². The molecular formula is C10H16N2O. The van der Waals surface area contributed by atoms with Crippen LogP contribution in [-0.4, -0.2) is 23.0 Å². The van der Waals surface area contributed by atoms with Crippen molar-refractivity contribution in [3.05, 3.63) is 18.4 Å². The van der Waals surface area contributed by atoms with Gasteiger partial charge in [-0.15, -0.1) is 0 Å². The molecule has 13 heavy (non-hydrogen) atoms. The van der Waals surface area contributed by atoms with E-state index in [1.807, 2.05) is 0 Å². The summed E-state index contributed by atoms with van der Waals surface area (Å²) in [5.74, 6) is 1.69. The summed E-state index contributed by atoms with van der Waals surface area (Å²) in [7, 11) is 0. The second-order valence-electron chi connectivity index (χ2n) is 4.18. The zero-order valence-corrected chi connectivity index (χ0v) is 8.23. The maximum Gasteiger partial charge on any atom is 0.180 e. The second kappa shape index (κ2) is 3.50. The van der Waals surface area contributed by atoms with Crippen LogP contribution in [0.2, 0.25) is 0 Å². The summed E-state index contributed by atoms with van der Waals surface area (Å²) in [6.07, 6.45) is 3.22. The van der Waals surface area contributed by atoms with Crippen molar-refractivity contribution in [1.29, 1.82) is 0 Å². The summed E-state index contributed by atoms with van der Waals surface area (Å²) in [5, 5.41) is 0. The van der Waals surface area contributed by atoms with E-state index < -0.39 is 0 Å². The van der Waals surface area contributed by atoms with Crippen LogP contribution in [0.4, 0.5) is 0 Å². The smallest absolute Gasteiger partial charge is 0.180 e. The van der Waals surface area contributed by atoms with Crippen molar-refractivity contribution in [2.24, 2.45) is 11.8 Å². The summed E-state index contributed by atoms with van der Waals surface area (Å²) in [5.41, 5.74) is 1.04. The van der Waals surface area contributed by atoms with Crippen LogP contribution in [0.15, 0.2) is 17.1 Å². The third kappa shape index (κ3) is 1.91. The minimum Gasteiger partial charge on any atom is -0.451 e. The van der Waals surface area contributed by atoms with E-state index in [9.17, 15) is 0 Å². The Labute approximate surface area is 78.8 Å². The highest BCUT2D eigenvalue weighted by Crippen LogP contribution is 2.24. The van der Waals surface area contributed by atoms with Gasteiger partial charge in [0.15, 0.2) is 6.39 Å². The van der Waals surface area contributed by atoms with E-state index in [0.717, 1.165) is 24.1 Å². The maximum atomic E-state index is 4.92. The summed E-state index contributed by atoms with van der Waals surface area (Å²) in [6.45, 7) is 7.95. The summed E-state index contributed by atoms with van der Waals surface area (Å²) in [6, 6.07) is 0. The minimum absolute atomic E-state index is 0.813. The van der Waals surface area contributed by atoms with Gasteiger partial charge in [0.1, 0.15) is 6.26 Å². The Hall–Kier alpha value is -0.830. The molecule has 0 N–H and O–H groups in total. The average molecular weight is 180 g/mol. The monoisotopic (exact) mass is 180 g/mol. The molecule has 1 aliphatic heterocycles. The predicted molar refractivity (Wildman–Crippen MR) is 50.1 cm³/mol. The van der Waals surface area contributed by atoms with Gasteiger partial charge in [0.25, 0.3) is 0 Å². The molecule has 0 spiro atoms. The predicted octanol–water partition coefficient (Wildman–Crippen LogP) is 1.76. The Morgan fingerprint density at radius 1 is 1.62 bits per heavy atom. The standard InChI is InChI=1S/C10H16N2O/c1-8(2)9-3-12(4-9)5-10-6-13-7-11-10/h6-9H,3-5H2,1-2H3. The molecule has 0 unspecified atom stereocenters. The Morgan fingerprint density at radius 3 is 2.92 bits per heavy atom. The first kappa shape index (κ1) is 8.75. The first-order valence-electron chi connectivity index (χ1n) is 4.85. The fourth-order valence-electron chi connectivity index (χ4n) is 1.71. The fourth-order valence-corrected chi connectivity index (χ4v) is 1.71. The van der Waals surface area contributed by atoms with Gasteiger partial charge in [-0.1, -0.05) is 13.8 Å². The van der Waals surface area contributed by atoms with Crippen LogP contribution >= 0.6 is 0 Å². The quantitative estimate of drug-likeness (QED) is 0.709. The minimum atomic E-state index is 0.813. The van der Waals surface area contributed by atoms with Gasteiger partial charge in [0, 0.05) is 19.6 Å². The van der Waals surface area contributed by atoms with Crippen molar-refractivity contribution in [2.75, 3.05) is 13.1 Å². The molecule has 0 saturated carbocycles. The van der Waals surface area contributed by atoms with Crippen molar-refractivity contribution in [3.63, 3.8) is 0 Å². The number of rotatable bonds is 3. The number of aromatic nitrogens is 1. The fraction of sp³-hybridized carbons (Fsp3) is 0.700. The average Bonchev–Trinajstić information content (AvgIpc) is 2.46. The number of nitrogens with zero attached hydrogens (tertiary/aromatic N) is 2. The molecule has 1 saturated heterocycles. The summed E-state index contributed by atoms with van der Waals surface area (Å²) >= 11 is 0. The molecule has 2 heterocycles. The van der Waals surface area contributed by atoms with E-state index >= 15 is 0 Å². The Balaban J connectivity index is 1.76. The number of hydrogen-bond donors (Lipinski definition) is 0. The highest BCUT2D eigenvalue weighted by Gasteiger charge is 2.28. The van der Waals surface area contributed by atoms with Gasteiger partial charge in [-0.3, -0.25) is 4.90 Å². The van der Waals surface area contributed by atoms with Gasteiger partial charge < -0.3 is 4.42 Å². The topological polar surface area (TPSA) is 29.3 Å². The lowest BCUT2D eigenvalue weighted by Gasteiger charge is -2.41. The van der Waals surface area contributed by atoms with Crippen molar-refractivity contribution in [3.8, 4) is 0 Å².